The monoisotopic (exact) mass is 217 g/mol. The molecule has 0 rings (SSSR count). The summed E-state index contributed by atoms with van der Waals surface area (Å²) in [5, 5.41) is 21.0. The number of rotatable bonds is 8. The molecule has 0 bridgehead atoms. The lowest BCUT2D eigenvalue weighted by Crippen LogP contribution is -2.45. The Labute approximate surface area is 91.7 Å². The van der Waals surface area contributed by atoms with Crippen molar-refractivity contribution in [1.29, 1.82) is 0 Å². The Balaban J connectivity index is 4.09. The van der Waals surface area contributed by atoms with Crippen molar-refractivity contribution in [3.63, 3.8) is 0 Å². The smallest absolute Gasteiger partial charge is 0.320 e. The summed E-state index contributed by atoms with van der Waals surface area (Å²) in [6, 6.07) is -0.470. The lowest BCUT2D eigenvalue weighted by Gasteiger charge is -2.23. The molecule has 4 heteroatoms. The normalized spacial score (nSPS) is 17.1. The Morgan fingerprint density at radius 3 is 2.40 bits per heavy atom. The molecule has 0 aliphatic carbocycles. The number of aliphatic hydroxyl groups is 1. The molecule has 0 aromatic carbocycles. The van der Waals surface area contributed by atoms with Gasteiger partial charge in [-0.15, -0.1) is 0 Å². The zero-order chi connectivity index (χ0) is 11.8. The van der Waals surface area contributed by atoms with Crippen LogP contribution in [0.15, 0.2) is 0 Å². The van der Waals surface area contributed by atoms with E-state index in [1.165, 1.54) is 0 Å². The molecule has 0 radical (unpaired) electrons. The van der Waals surface area contributed by atoms with Crippen LogP contribution >= 0.6 is 0 Å². The Bertz CT molecular complexity index is 185. The molecule has 0 aromatic heterocycles. The van der Waals surface area contributed by atoms with Crippen molar-refractivity contribution in [3.8, 4) is 0 Å². The summed E-state index contributed by atoms with van der Waals surface area (Å²) in [5.41, 5.74) is 0. The average Bonchev–Trinajstić information content (AvgIpc) is 2.22. The number of aliphatic hydroxyl groups excluding tert-OH is 1. The maximum Gasteiger partial charge on any atom is 0.320 e. The zero-order valence-corrected chi connectivity index (χ0v) is 9.86. The summed E-state index contributed by atoms with van der Waals surface area (Å²) in [6.07, 6.45) is 2.55. The van der Waals surface area contributed by atoms with Crippen LogP contribution in [-0.4, -0.2) is 34.9 Å². The molecule has 0 amide bonds. The predicted molar refractivity (Wildman–Crippen MR) is 59.8 cm³/mol. The topological polar surface area (TPSA) is 69.6 Å². The highest BCUT2D eigenvalue weighted by Gasteiger charge is 2.21. The second-order valence-electron chi connectivity index (χ2n) is 4.15. The van der Waals surface area contributed by atoms with Gasteiger partial charge in [0.2, 0.25) is 0 Å². The second-order valence-corrected chi connectivity index (χ2v) is 4.15. The number of unbranched alkanes of at least 4 members (excludes halogenated alkanes) is 1. The molecular formula is C11H23NO3. The largest absolute Gasteiger partial charge is 0.480 e. The van der Waals surface area contributed by atoms with Crippen molar-refractivity contribution in [2.75, 3.05) is 6.61 Å². The van der Waals surface area contributed by atoms with Gasteiger partial charge in [-0.25, -0.2) is 0 Å². The van der Waals surface area contributed by atoms with Gasteiger partial charge in [-0.3, -0.25) is 4.79 Å². The van der Waals surface area contributed by atoms with Crippen LogP contribution in [0.1, 0.15) is 40.0 Å². The third kappa shape index (κ3) is 5.74. The van der Waals surface area contributed by atoms with Crippen LogP contribution in [0, 0.1) is 5.92 Å². The summed E-state index contributed by atoms with van der Waals surface area (Å²) >= 11 is 0. The van der Waals surface area contributed by atoms with Gasteiger partial charge in [0.15, 0.2) is 0 Å². The summed E-state index contributed by atoms with van der Waals surface area (Å²) in [5.74, 6) is -0.728. The van der Waals surface area contributed by atoms with Gasteiger partial charge in [0.1, 0.15) is 6.04 Å². The van der Waals surface area contributed by atoms with E-state index in [1.54, 1.807) is 0 Å². The van der Waals surface area contributed by atoms with Crippen molar-refractivity contribution < 1.29 is 15.0 Å². The SMILES string of the molecule is CCCCC(NC(C)C(C)CO)C(=O)O. The second kappa shape index (κ2) is 7.65. The van der Waals surface area contributed by atoms with Crippen LogP contribution < -0.4 is 5.32 Å². The third-order valence-corrected chi connectivity index (χ3v) is 2.75. The summed E-state index contributed by atoms with van der Waals surface area (Å²) in [6.45, 7) is 5.92. The van der Waals surface area contributed by atoms with E-state index in [-0.39, 0.29) is 18.6 Å². The van der Waals surface area contributed by atoms with Crippen molar-refractivity contribution in [2.45, 2.75) is 52.1 Å². The van der Waals surface area contributed by atoms with Crippen LogP contribution in [0.25, 0.3) is 0 Å². The number of hydrogen-bond acceptors (Lipinski definition) is 3. The van der Waals surface area contributed by atoms with Gasteiger partial charge in [-0.05, 0) is 19.3 Å². The first kappa shape index (κ1) is 14.4. The molecule has 0 saturated carbocycles. The van der Waals surface area contributed by atoms with E-state index in [0.29, 0.717) is 6.42 Å². The number of carbonyl (C=O) groups is 1. The standard InChI is InChI=1S/C11H23NO3/c1-4-5-6-10(11(14)15)12-9(3)8(2)7-13/h8-10,12-13H,4-7H2,1-3H3,(H,14,15). The molecule has 90 valence electrons. The fourth-order valence-electron chi connectivity index (χ4n) is 1.33. The summed E-state index contributed by atoms with van der Waals surface area (Å²) in [7, 11) is 0. The minimum absolute atomic E-state index is 0.0213. The molecule has 0 fully saturated rings. The quantitative estimate of drug-likeness (QED) is 0.572. The highest BCUT2D eigenvalue weighted by atomic mass is 16.4. The van der Waals surface area contributed by atoms with Gasteiger partial charge in [0, 0.05) is 12.6 Å². The molecule has 0 saturated heterocycles. The molecular weight excluding hydrogens is 194 g/mol. The Hall–Kier alpha value is -0.610. The third-order valence-electron chi connectivity index (χ3n) is 2.75. The summed E-state index contributed by atoms with van der Waals surface area (Å²) < 4.78 is 0. The maximum atomic E-state index is 10.9. The van der Waals surface area contributed by atoms with Gasteiger partial charge in [0.05, 0.1) is 0 Å². The van der Waals surface area contributed by atoms with Crippen LogP contribution in [-0.2, 0) is 4.79 Å². The highest BCUT2D eigenvalue weighted by Crippen LogP contribution is 2.06. The molecule has 0 heterocycles. The molecule has 0 spiro atoms. The van der Waals surface area contributed by atoms with Crippen molar-refractivity contribution in [2.24, 2.45) is 5.92 Å². The van der Waals surface area contributed by atoms with E-state index in [1.807, 2.05) is 20.8 Å². The number of nitrogens with one attached hydrogen (secondary N) is 1. The van der Waals surface area contributed by atoms with Crippen molar-refractivity contribution in [1.82, 2.24) is 5.32 Å². The number of aliphatic carboxylic acids is 1. The van der Waals surface area contributed by atoms with Crippen LogP contribution in [0.3, 0.4) is 0 Å². The van der Waals surface area contributed by atoms with Crippen molar-refractivity contribution >= 4 is 5.97 Å². The Morgan fingerprint density at radius 1 is 1.40 bits per heavy atom. The first-order chi connectivity index (χ1) is 7.02. The first-order valence-corrected chi connectivity index (χ1v) is 5.62. The van der Waals surface area contributed by atoms with Crippen LogP contribution in [0.4, 0.5) is 0 Å². The van der Waals surface area contributed by atoms with Crippen LogP contribution in [0.5, 0.6) is 0 Å². The Kier molecular flexibility index (Phi) is 7.34. The minimum Gasteiger partial charge on any atom is -0.480 e. The minimum atomic E-state index is -0.805. The van der Waals surface area contributed by atoms with Gasteiger partial charge in [0.25, 0.3) is 0 Å². The van der Waals surface area contributed by atoms with E-state index in [4.69, 9.17) is 10.2 Å². The van der Waals surface area contributed by atoms with E-state index in [0.717, 1.165) is 12.8 Å². The first-order valence-electron chi connectivity index (χ1n) is 5.62. The number of carboxylic acid groups (broad SMARTS) is 1. The number of hydrogen-bond donors (Lipinski definition) is 3. The van der Waals surface area contributed by atoms with Crippen LogP contribution in [0.2, 0.25) is 0 Å². The van der Waals surface area contributed by atoms with Gasteiger partial charge in [-0.1, -0.05) is 26.7 Å². The molecule has 3 N–H and O–H groups in total. The van der Waals surface area contributed by atoms with Gasteiger partial charge in [-0.2, -0.15) is 0 Å². The molecule has 0 aliphatic heterocycles. The molecule has 3 atom stereocenters. The fraction of sp³-hybridized carbons (Fsp3) is 0.909. The zero-order valence-electron chi connectivity index (χ0n) is 9.86. The fourth-order valence-corrected chi connectivity index (χ4v) is 1.33. The van der Waals surface area contributed by atoms with E-state index < -0.39 is 12.0 Å². The van der Waals surface area contributed by atoms with E-state index in [9.17, 15) is 4.79 Å². The van der Waals surface area contributed by atoms with Gasteiger partial charge < -0.3 is 15.5 Å². The molecule has 0 aliphatic rings. The van der Waals surface area contributed by atoms with Gasteiger partial charge >= 0.3 is 5.97 Å². The molecule has 15 heavy (non-hydrogen) atoms. The lowest BCUT2D eigenvalue weighted by molar-refractivity contribution is -0.140. The molecule has 4 nitrogen and oxygen atoms in total. The maximum absolute atomic E-state index is 10.9. The molecule has 3 unspecified atom stereocenters. The number of carboxylic acids is 1. The highest BCUT2D eigenvalue weighted by molar-refractivity contribution is 5.73. The average molecular weight is 217 g/mol. The predicted octanol–water partition coefficient (Wildman–Crippen LogP) is 1.24. The molecule has 0 aromatic rings. The van der Waals surface area contributed by atoms with Crippen molar-refractivity contribution in [3.05, 3.63) is 0 Å². The van der Waals surface area contributed by atoms with E-state index in [2.05, 4.69) is 5.32 Å². The van der Waals surface area contributed by atoms with E-state index >= 15 is 0 Å². The lowest BCUT2D eigenvalue weighted by atomic mass is 10.0. The Morgan fingerprint density at radius 2 is 2.00 bits per heavy atom. The summed E-state index contributed by atoms with van der Waals surface area (Å²) in [4.78, 5) is 10.9.